The summed E-state index contributed by atoms with van der Waals surface area (Å²) in [4.78, 5) is 11.7. The summed E-state index contributed by atoms with van der Waals surface area (Å²) in [7, 11) is -3.61. The van der Waals surface area contributed by atoms with Crippen molar-refractivity contribution in [3.8, 4) is 0 Å². The van der Waals surface area contributed by atoms with Crippen molar-refractivity contribution in [2.45, 2.75) is 66.4 Å². The summed E-state index contributed by atoms with van der Waals surface area (Å²) in [5.74, 6) is 2.30. The number of sulfone groups is 1. The van der Waals surface area contributed by atoms with Crippen molar-refractivity contribution in [1.29, 1.82) is 0 Å². The summed E-state index contributed by atoms with van der Waals surface area (Å²) in [5.41, 5.74) is 2.28. The molecule has 2 aromatic carbocycles. The SMILES string of the molecule is CC(CSCc1cccc(S(=O)(=O)c2cccc(C34CC5CC(CC(C5)C3)C4)c2)c1)C(=O)O. The van der Waals surface area contributed by atoms with Crippen LogP contribution in [0.15, 0.2) is 58.3 Å². The van der Waals surface area contributed by atoms with Crippen molar-refractivity contribution in [2.24, 2.45) is 23.7 Å². The Kier molecular flexibility index (Phi) is 6.11. The van der Waals surface area contributed by atoms with Gasteiger partial charge in [0.25, 0.3) is 0 Å². The van der Waals surface area contributed by atoms with Gasteiger partial charge in [-0.05, 0) is 97.1 Å². The predicted molar refractivity (Wildman–Crippen MR) is 131 cm³/mol. The van der Waals surface area contributed by atoms with Crippen LogP contribution < -0.4 is 0 Å². The predicted octanol–water partition coefficient (Wildman–Crippen LogP) is 5.94. The van der Waals surface area contributed by atoms with Gasteiger partial charge in [-0.1, -0.05) is 31.2 Å². The van der Waals surface area contributed by atoms with Crippen molar-refractivity contribution < 1.29 is 18.3 Å². The maximum absolute atomic E-state index is 13.6. The number of aliphatic carboxylic acids is 1. The molecule has 0 saturated heterocycles. The lowest BCUT2D eigenvalue weighted by molar-refractivity contribution is -0.140. The molecule has 0 heterocycles. The monoisotopic (exact) mass is 484 g/mol. The van der Waals surface area contributed by atoms with Gasteiger partial charge in [0.1, 0.15) is 0 Å². The molecule has 4 aliphatic carbocycles. The third kappa shape index (κ3) is 4.49. The van der Waals surface area contributed by atoms with Crippen LogP contribution in [0.5, 0.6) is 0 Å². The number of hydrogen-bond acceptors (Lipinski definition) is 4. The van der Waals surface area contributed by atoms with Crippen LogP contribution in [0.1, 0.15) is 56.6 Å². The zero-order valence-electron chi connectivity index (χ0n) is 19.1. The van der Waals surface area contributed by atoms with Gasteiger partial charge in [-0.25, -0.2) is 8.42 Å². The summed E-state index contributed by atoms with van der Waals surface area (Å²) < 4.78 is 27.1. The number of rotatable bonds is 8. The second-order valence-corrected chi connectivity index (χ2v) is 13.6. The van der Waals surface area contributed by atoms with E-state index >= 15 is 0 Å². The van der Waals surface area contributed by atoms with Crippen molar-refractivity contribution in [2.75, 3.05) is 5.75 Å². The van der Waals surface area contributed by atoms with E-state index in [1.165, 1.54) is 55.9 Å². The second-order valence-electron chi connectivity index (χ2n) is 10.6. The van der Waals surface area contributed by atoms with Gasteiger partial charge in [0.05, 0.1) is 15.7 Å². The zero-order chi connectivity index (χ0) is 23.2. The van der Waals surface area contributed by atoms with Crippen LogP contribution in [0, 0.1) is 23.7 Å². The van der Waals surface area contributed by atoms with Gasteiger partial charge in [0, 0.05) is 11.5 Å². The smallest absolute Gasteiger partial charge is 0.307 e. The van der Waals surface area contributed by atoms with Gasteiger partial charge < -0.3 is 5.11 Å². The molecule has 1 atom stereocenters. The molecule has 0 spiro atoms. The van der Waals surface area contributed by atoms with E-state index in [0.29, 0.717) is 21.3 Å². The minimum atomic E-state index is -3.61. The maximum atomic E-state index is 13.6. The highest BCUT2D eigenvalue weighted by molar-refractivity contribution is 7.98. The molecule has 2 aromatic rings. The van der Waals surface area contributed by atoms with E-state index in [-0.39, 0.29) is 5.41 Å². The molecule has 4 aliphatic rings. The lowest BCUT2D eigenvalue weighted by Gasteiger charge is -2.57. The van der Waals surface area contributed by atoms with E-state index in [4.69, 9.17) is 5.11 Å². The molecule has 4 saturated carbocycles. The van der Waals surface area contributed by atoms with Crippen LogP contribution >= 0.6 is 11.8 Å². The number of carboxylic acids is 1. The number of thioether (sulfide) groups is 1. The molecule has 0 aromatic heterocycles. The first-order valence-corrected chi connectivity index (χ1v) is 14.6. The number of carbonyl (C=O) groups is 1. The summed E-state index contributed by atoms with van der Waals surface area (Å²) in [6, 6.07) is 14.9. The molecule has 0 amide bonds. The fourth-order valence-corrected chi connectivity index (χ4v) is 9.23. The summed E-state index contributed by atoms with van der Waals surface area (Å²) in [6.07, 6.45) is 7.74. The summed E-state index contributed by atoms with van der Waals surface area (Å²) >= 11 is 1.52. The Balaban J connectivity index is 1.37. The molecule has 176 valence electrons. The number of benzene rings is 2. The molecular weight excluding hydrogens is 452 g/mol. The van der Waals surface area contributed by atoms with Crippen molar-refractivity contribution in [3.05, 3.63) is 59.7 Å². The van der Waals surface area contributed by atoms with Gasteiger partial charge in [0.2, 0.25) is 9.84 Å². The molecule has 6 rings (SSSR count). The normalized spacial score (nSPS) is 29.2. The van der Waals surface area contributed by atoms with Gasteiger partial charge in [0.15, 0.2) is 0 Å². The lowest BCUT2D eigenvalue weighted by Crippen LogP contribution is -2.48. The first-order chi connectivity index (χ1) is 15.7. The molecule has 4 fully saturated rings. The van der Waals surface area contributed by atoms with Crippen LogP contribution in [-0.4, -0.2) is 25.2 Å². The Hall–Kier alpha value is -1.79. The van der Waals surface area contributed by atoms with Gasteiger partial charge >= 0.3 is 5.97 Å². The lowest BCUT2D eigenvalue weighted by atomic mass is 9.48. The maximum Gasteiger partial charge on any atom is 0.307 e. The van der Waals surface area contributed by atoms with E-state index in [1.54, 1.807) is 31.2 Å². The Labute approximate surface area is 201 Å². The molecule has 6 heteroatoms. The standard InChI is InChI=1S/C27H32O4S2/c1-18(26(28)29)16-32-17-19-4-2-6-24(11-19)33(30,31)25-7-3-5-23(12-25)27-13-20-8-21(14-27)10-22(9-20)15-27/h2-7,11-12,18,20-22H,8-10,13-17H2,1H3,(H,28,29). The molecule has 0 aliphatic heterocycles. The second kappa shape index (κ2) is 8.77. The fourth-order valence-electron chi connectivity index (χ4n) is 6.82. The topological polar surface area (TPSA) is 71.4 Å². The quantitative estimate of drug-likeness (QED) is 0.502. The van der Waals surface area contributed by atoms with Crippen LogP contribution in [0.3, 0.4) is 0 Å². The van der Waals surface area contributed by atoms with Crippen LogP contribution in [-0.2, 0) is 25.8 Å². The minimum absolute atomic E-state index is 0.166. The molecule has 33 heavy (non-hydrogen) atoms. The van der Waals surface area contributed by atoms with E-state index in [9.17, 15) is 13.2 Å². The number of hydrogen-bond donors (Lipinski definition) is 1. The first-order valence-electron chi connectivity index (χ1n) is 12.0. The largest absolute Gasteiger partial charge is 0.481 e. The Morgan fingerprint density at radius 1 is 1.00 bits per heavy atom. The van der Waals surface area contributed by atoms with Gasteiger partial charge in [-0.2, -0.15) is 11.8 Å². The van der Waals surface area contributed by atoms with Crippen molar-refractivity contribution >= 4 is 27.6 Å². The highest BCUT2D eigenvalue weighted by Crippen LogP contribution is 2.60. The molecule has 4 nitrogen and oxygen atoms in total. The molecule has 0 radical (unpaired) electrons. The molecule has 1 N–H and O–H groups in total. The highest BCUT2D eigenvalue weighted by atomic mass is 32.2. The van der Waals surface area contributed by atoms with E-state index in [1.807, 2.05) is 18.2 Å². The average Bonchev–Trinajstić information content (AvgIpc) is 2.78. The van der Waals surface area contributed by atoms with E-state index in [0.717, 1.165) is 23.3 Å². The van der Waals surface area contributed by atoms with E-state index in [2.05, 4.69) is 6.07 Å². The van der Waals surface area contributed by atoms with Crippen LogP contribution in [0.2, 0.25) is 0 Å². The first kappa shape index (κ1) is 23.0. The van der Waals surface area contributed by atoms with Crippen molar-refractivity contribution in [1.82, 2.24) is 0 Å². The minimum Gasteiger partial charge on any atom is -0.481 e. The van der Waals surface area contributed by atoms with E-state index < -0.39 is 21.7 Å². The van der Waals surface area contributed by atoms with Gasteiger partial charge in [-0.3, -0.25) is 4.79 Å². The van der Waals surface area contributed by atoms with Gasteiger partial charge in [-0.15, -0.1) is 0 Å². The molecule has 4 bridgehead atoms. The number of carboxylic acid groups (broad SMARTS) is 1. The van der Waals surface area contributed by atoms with Crippen LogP contribution in [0.25, 0.3) is 0 Å². The third-order valence-corrected chi connectivity index (χ3v) is 11.1. The Bertz CT molecular complexity index is 1120. The fraction of sp³-hybridized carbons (Fsp3) is 0.519. The Morgan fingerprint density at radius 2 is 1.58 bits per heavy atom. The highest BCUT2D eigenvalue weighted by Gasteiger charge is 2.51. The van der Waals surface area contributed by atoms with Crippen LogP contribution in [0.4, 0.5) is 0 Å². The average molecular weight is 485 g/mol. The summed E-state index contributed by atoms with van der Waals surface area (Å²) in [5, 5.41) is 9.05. The Morgan fingerprint density at radius 3 is 2.18 bits per heavy atom. The zero-order valence-corrected chi connectivity index (χ0v) is 20.7. The molecule has 1 unspecified atom stereocenters. The molecular formula is C27H32O4S2. The summed E-state index contributed by atoms with van der Waals surface area (Å²) in [6.45, 7) is 1.69. The van der Waals surface area contributed by atoms with Crippen molar-refractivity contribution in [3.63, 3.8) is 0 Å². The third-order valence-electron chi connectivity index (χ3n) is 8.06.